The van der Waals surface area contributed by atoms with E-state index in [1.165, 1.54) is 0 Å². The third-order valence-electron chi connectivity index (χ3n) is 2.78. The second kappa shape index (κ2) is 4.14. The molecular weight excluding hydrogens is 284 g/mol. The fourth-order valence-electron chi connectivity index (χ4n) is 1.75. The smallest absolute Gasteiger partial charge is 0.226 e. The number of carbonyl (C=O) groups is 1. The maximum atomic E-state index is 11.7. The Morgan fingerprint density at radius 1 is 1.53 bits per heavy atom. The molecule has 1 N–H and O–H groups in total. The molecule has 4 nitrogen and oxygen atoms in total. The minimum absolute atomic E-state index is 0.0191. The van der Waals surface area contributed by atoms with Crippen LogP contribution in [0.2, 0.25) is 0 Å². The van der Waals surface area contributed by atoms with E-state index in [1.54, 1.807) is 0 Å². The largest absolute Gasteiger partial charge is 0.356 e. The molecular formula is C12H11BrN2O2. The van der Waals surface area contributed by atoms with Gasteiger partial charge in [0.05, 0.1) is 6.42 Å². The summed E-state index contributed by atoms with van der Waals surface area (Å²) >= 11 is 3.37. The fraction of sp³-hybridized carbons (Fsp3) is 0.333. The van der Waals surface area contributed by atoms with E-state index in [-0.39, 0.29) is 12.3 Å². The van der Waals surface area contributed by atoms with Crippen LogP contribution in [0.15, 0.2) is 27.2 Å². The minimum atomic E-state index is 0.0191. The quantitative estimate of drug-likeness (QED) is 0.946. The lowest BCUT2D eigenvalue weighted by Gasteiger charge is -2.00. The summed E-state index contributed by atoms with van der Waals surface area (Å²) in [6.07, 6.45) is 2.47. The van der Waals surface area contributed by atoms with E-state index in [0.717, 1.165) is 22.7 Å². The van der Waals surface area contributed by atoms with Gasteiger partial charge in [0, 0.05) is 15.9 Å². The average Bonchev–Trinajstić information content (AvgIpc) is 3.01. The Hall–Kier alpha value is -1.36. The van der Waals surface area contributed by atoms with Gasteiger partial charge in [-0.15, -0.1) is 0 Å². The van der Waals surface area contributed by atoms with Crippen LogP contribution < -0.4 is 5.32 Å². The Bertz CT molecular complexity index is 575. The third-order valence-corrected chi connectivity index (χ3v) is 3.27. The zero-order valence-corrected chi connectivity index (χ0v) is 10.7. The highest BCUT2D eigenvalue weighted by atomic mass is 79.9. The maximum Gasteiger partial charge on any atom is 0.226 e. The molecule has 0 unspecified atom stereocenters. The van der Waals surface area contributed by atoms with Crippen molar-refractivity contribution in [3.63, 3.8) is 0 Å². The van der Waals surface area contributed by atoms with Gasteiger partial charge < -0.3 is 9.84 Å². The van der Waals surface area contributed by atoms with Crippen LogP contribution in [0.5, 0.6) is 0 Å². The lowest BCUT2D eigenvalue weighted by molar-refractivity contribution is -0.120. The number of nitrogens with one attached hydrogen (secondary N) is 1. The molecule has 1 aliphatic carbocycles. The van der Waals surface area contributed by atoms with E-state index in [0.29, 0.717) is 17.3 Å². The van der Waals surface area contributed by atoms with Crippen LogP contribution in [0.4, 0.5) is 0 Å². The van der Waals surface area contributed by atoms with Crippen molar-refractivity contribution in [2.24, 2.45) is 0 Å². The molecule has 1 saturated carbocycles. The molecule has 1 heterocycles. The SMILES string of the molecule is O=C(Cc1noc2cc(Br)ccc12)NC1CC1. The van der Waals surface area contributed by atoms with Crippen LogP contribution in [0, 0.1) is 0 Å². The highest BCUT2D eigenvalue weighted by Crippen LogP contribution is 2.23. The molecule has 2 aromatic rings. The number of fused-ring (bicyclic) bond motifs is 1. The van der Waals surface area contributed by atoms with Gasteiger partial charge in [-0.05, 0) is 31.0 Å². The maximum absolute atomic E-state index is 11.7. The van der Waals surface area contributed by atoms with Gasteiger partial charge in [0.15, 0.2) is 5.58 Å². The molecule has 0 atom stereocenters. The number of carbonyl (C=O) groups excluding carboxylic acids is 1. The van der Waals surface area contributed by atoms with Gasteiger partial charge in [-0.1, -0.05) is 21.1 Å². The lowest BCUT2D eigenvalue weighted by Crippen LogP contribution is -2.27. The number of nitrogens with zero attached hydrogens (tertiary/aromatic N) is 1. The van der Waals surface area contributed by atoms with E-state index in [2.05, 4.69) is 26.4 Å². The Kier molecular flexibility index (Phi) is 2.63. The van der Waals surface area contributed by atoms with Crippen molar-refractivity contribution in [2.75, 3.05) is 0 Å². The summed E-state index contributed by atoms with van der Waals surface area (Å²) in [7, 11) is 0. The summed E-state index contributed by atoms with van der Waals surface area (Å²) in [5.74, 6) is 0.0191. The topological polar surface area (TPSA) is 55.1 Å². The molecule has 0 saturated heterocycles. The molecule has 88 valence electrons. The first-order chi connectivity index (χ1) is 8.22. The van der Waals surface area contributed by atoms with Crippen LogP contribution in [0.3, 0.4) is 0 Å². The number of hydrogen-bond acceptors (Lipinski definition) is 3. The van der Waals surface area contributed by atoms with Crippen molar-refractivity contribution in [2.45, 2.75) is 25.3 Å². The standard InChI is InChI=1S/C12H11BrN2O2/c13-7-1-4-9-10(15-17-11(9)5-7)6-12(16)14-8-2-3-8/h1,4-5,8H,2-3,6H2,(H,14,16). The first kappa shape index (κ1) is 10.8. The van der Waals surface area contributed by atoms with Crippen LogP contribution in [-0.2, 0) is 11.2 Å². The predicted octanol–water partition coefficient (Wildman–Crippen LogP) is 2.41. The number of rotatable bonds is 3. The molecule has 0 radical (unpaired) electrons. The monoisotopic (exact) mass is 294 g/mol. The number of hydrogen-bond donors (Lipinski definition) is 1. The Morgan fingerprint density at radius 2 is 2.35 bits per heavy atom. The first-order valence-electron chi connectivity index (χ1n) is 5.55. The zero-order valence-electron chi connectivity index (χ0n) is 9.07. The lowest BCUT2D eigenvalue weighted by atomic mass is 10.1. The van der Waals surface area contributed by atoms with E-state index in [9.17, 15) is 4.79 Å². The summed E-state index contributed by atoms with van der Waals surface area (Å²) in [6.45, 7) is 0. The van der Waals surface area contributed by atoms with Gasteiger partial charge in [-0.2, -0.15) is 0 Å². The summed E-state index contributed by atoms with van der Waals surface area (Å²) in [6, 6.07) is 6.07. The molecule has 5 heteroatoms. The molecule has 0 bridgehead atoms. The van der Waals surface area contributed by atoms with Gasteiger partial charge >= 0.3 is 0 Å². The highest BCUT2D eigenvalue weighted by Gasteiger charge is 2.24. The van der Waals surface area contributed by atoms with Crippen molar-refractivity contribution >= 4 is 32.8 Å². The van der Waals surface area contributed by atoms with Crippen LogP contribution in [-0.4, -0.2) is 17.1 Å². The summed E-state index contributed by atoms with van der Waals surface area (Å²) in [4.78, 5) is 11.7. The second-order valence-electron chi connectivity index (χ2n) is 4.29. The van der Waals surface area contributed by atoms with Crippen molar-refractivity contribution < 1.29 is 9.32 Å². The Morgan fingerprint density at radius 3 is 3.12 bits per heavy atom. The summed E-state index contributed by atoms with van der Waals surface area (Å²) < 4.78 is 6.13. The van der Waals surface area contributed by atoms with Crippen molar-refractivity contribution in [1.29, 1.82) is 0 Å². The summed E-state index contributed by atoms with van der Waals surface area (Å²) in [5, 5.41) is 7.79. The van der Waals surface area contributed by atoms with E-state index >= 15 is 0 Å². The van der Waals surface area contributed by atoms with Gasteiger partial charge in [0.25, 0.3) is 0 Å². The fourth-order valence-corrected chi connectivity index (χ4v) is 2.09. The van der Waals surface area contributed by atoms with Crippen molar-refractivity contribution in [1.82, 2.24) is 10.5 Å². The normalized spacial score (nSPS) is 15.1. The number of halogens is 1. The molecule has 0 spiro atoms. The highest BCUT2D eigenvalue weighted by molar-refractivity contribution is 9.10. The van der Waals surface area contributed by atoms with Gasteiger partial charge in [-0.3, -0.25) is 4.79 Å². The summed E-state index contributed by atoms with van der Waals surface area (Å²) in [5.41, 5.74) is 1.40. The first-order valence-corrected chi connectivity index (χ1v) is 6.35. The average molecular weight is 295 g/mol. The van der Waals surface area contributed by atoms with Crippen LogP contribution in [0.1, 0.15) is 18.5 Å². The Balaban J connectivity index is 1.82. The van der Waals surface area contributed by atoms with Gasteiger partial charge in [-0.25, -0.2) is 0 Å². The van der Waals surface area contributed by atoms with E-state index in [4.69, 9.17) is 4.52 Å². The van der Waals surface area contributed by atoms with Gasteiger partial charge in [0.2, 0.25) is 5.91 Å². The molecule has 1 amide bonds. The molecule has 1 aromatic carbocycles. The number of amides is 1. The third kappa shape index (κ3) is 2.34. The van der Waals surface area contributed by atoms with E-state index in [1.807, 2.05) is 18.2 Å². The zero-order chi connectivity index (χ0) is 11.8. The minimum Gasteiger partial charge on any atom is -0.356 e. The molecule has 1 aliphatic rings. The molecule has 1 aromatic heterocycles. The van der Waals surface area contributed by atoms with Crippen LogP contribution in [0.25, 0.3) is 11.0 Å². The van der Waals surface area contributed by atoms with E-state index < -0.39 is 0 Å². The van der Waals surface area contributed by atoms with Crippen LogP contribution >= 0.6 is 15.9 Å². The molecule has 17 heavy (non-hydrogen) atoms. The number of benzene rings is 1. The second-order valence-corrected chi connectivity index (χ2v) is 5.20. The number of aromatic nitrogens is 1. The Labute approximate surface area is 106 Å². The van der Waals surface area contributed by atoms with Gasteiger partial charge in [0.1, 0.15) is 5.69 Å². The predicted molar refractivity (Wildman–Crippen MR) is 66.6 cm³/mol. The molecule has 0 aliphatic heterocycles. The van der Waals surface area contributed by atoms with Crippen molar-refractivity contribution in [3.8, 4) is 0 Å². The van der Waals surface area contributed by atoms with Crippen molar-refractivity contribution in [3.05, 3.63) is 28.4 Å². The molecule has 3 rings (SSSR count). The molecule has 1 fully saturated rings.